The zero-order valence-corrected chi connectivity index (χ0v) is 25.0. The van der Waals surface area contributed by atoms with Gasteiger partial charge in [-0.15, -0.1) is 0 Å². The van der Waals surface area contributed by atoms with Crippen molar-refractivity contribution in [1.29, 1.82) is 0 Å². The lowest BCUT2D eigenvalue weighted by Crippen LogP contribution is -2.34. The molecule has 2 N–H and O–H groups in total. The summed E-state index contributed by atoms with van der Waals surface area (Å²) in [6, 6.07) is 10.6. The van der Waals surface area contributed by atoms with E-state index in [1.54, 1.807) is 58.9 Å². The van der Waals surface area contributed by atoms with E-state index in [0.29, 0.717) is 65.7 Å². The van der Waals surface area contributed by atoms with Crippen LogP contribution in [0.4, 0.5) is 5.69 Å². The summed E-state index contributed by atoms with van der Waals surface area (Å²) in [6.45, 7) is 1.78. The number of nitrogens with zero attached hydrogens (tertiary/aromatic N) is 2. The molecular formula is C32H39N3O8. The lowest BCUT2D eigenvalue weighted by molar-refractivity contribution is -0.409. The van der Waals surface area contributed by atoms with Crippen LogP contribution in [0.5, 0.6) is 40.2 Å². The zero-order valence-electron chi connectivity index (χ0n) is 25.0. The highest BCUT2D eigenvalue weighted by Gasteiger charge is 2.37. The van der Waals surface area contributed by atoms with Crippen LogP contribution >= 0.6 is 0 Å². The Morgan fingerprint density at radius 3 is 2.33 bits per heavy atom. The maximum absolute atomic E-state index is 12.9. The number of fused-ring (bicyclic) bond motifs is 2. The molecule has 0 fully saturated rings. The maximum atomic E-state index is 12.9. The standard InChI is InChI=1S/C32H39N3O8/c1-37-29-12-13-34-19-23-25(35(36)20-26(29)34)8-7-9-27(23)42-15-6-5-14-41-21-10-11-28(24(33)16-21)43-22-17-30(38-2)32(40-4)31(18-22)39-3/h8,10-13,16-18,20,23,27H,5-7,9,14-15,19,33H2,1-4H3/t23-,27?/m0/s1. The van der Waals surface area contributed by atoms with Crippen molar-refractivity contribution < 1.29 is 37.9 Å². The molecule has 11 heteroatoms. The van der Waals surface area contributed by atoms with Crippen LogP contribution in [0.3, 0.4) is 0 Å². The number of anilines is 1. The van der Waals surface area contributed by atoms with Crippen molar-refractivity contribution in [2.24, 2.45) is 5.92 Å². The summed E-state index contributed by atoms with van der Waals surface area (Å²) in [5, 5.41) is 12.9. The molecule has 3 aromatic rings. The number of hydroxylamine groups is 1. The molecule has 2 heterocycles. The van der Waals surface area contributed by atoms with Gasteiger partial charge in [-0.1, -0.05) is 0 Å². The van der Waals surface area contributed by atoms with Gasteiger partial charge in [-0.3, -0.25) is 0 Å². The number of nitrogen functional groups attached to an aromatic ring is 1. The molecule has 0 radical (unpaired) electrons. The van der Waals surface area contributed by atoms with Crippen molar-refractivity contribution >= 4 is 11.9 Å². The minimum atomic E-state index is -0.0249. The molecule has 0 spiro atoms. The molecular weight excluding hydrogens is 554 g/mol. The van der Waals surface area contributed by atoms with Gasteiger partial charge >= 0.3 is 0 Å². The van der Waals surface area contributed by atoms with Gasteiger partial charge in [0.2, 0.25) is 12.0 Å². The number of rotatable bonds is 13. The molecule has 0 saturated carbocycles. The molecule has 1 aliphatic heterocycles. The fourth-order valence-corrected chi connectivity index (χ4v) is 5.52. The lowest BCUT2D eigenvalue weighted by atomic mass is 9.89. The van der Waals surface area contributed by atoms with Gasteiger partial charge in [0.05, 0.1) is 52.8 Å². The Kier molecular flexibility index (Phi) is 9.51. The first-order chi connectivity index (χ1) is 20.9. The summed E-state index contributed by atoms with van der Waals surface area (Å²) in [5.41, 5.74) is 8.25. The van der Waals surface area contributed by atoms with E-state index < -0.39 is 0 Å². The van der Waals surface area contributed by atoms with Gasteiger partial charge in [0.25, 0.3) is 0 Å². The number of unbranched alkanes of at least 4 members (excludes halogenated alkanes) is 1. The van der Waals surface area contributed by atoms with Crippen molar-refractivity contribution in [3.8, 4) is 40.2 Å². The Bertz CT molecular complexity index is 1460. The van der Waals surface area contributed by atoms with Crippen LogP contribution in [-0.2, 0) is 11.3 Å². The number of methoxy groups -OCH3 is 4. The van der Waals surface area contributed by atoms with E-state index in [4.69, 9.17) is 38.9 Å². The summed E-state index contributed by atoms with van der Waals surface area (Å²) in [6.07, 6.45) is 8.91. The van der Waals surface area contributed by atoms with Crippen molar-refractivity contribution in [2.75, 3.05) is 47.4 Å². The second kappa shape index (κ2) is 13.6. The average Bonchev–Trinajstić information content (AvgIpc) is 3.33. The predicted molar refractivity (Wildman–Crippen MR) is 162 cm³/mol. The monoisotopic (exact) mass is 593 g/mol. The third-order valence-electron chi connectivity index (χ3n) is 7.70. The van der Waals surface area contributed by atoms with Crippen LogP contribution < -0.4 is 34.2 Å². The molecule has 5 rings (SSSR count). The summed E-state index contributed by atoms with van der Waals surface area (Å²) in [7, 11) is 6.25. The quantitative estimate of drug-likeness (QED) is 0.121. The number of nitrogens with two attached hydrogens (primary N) is 1. The second-order valence-corrected chi connectivity index (χ2v) is 10.3. The largest absolute Gasteiger partial charge is 0.618 e. The zero-order chi connectivity index (χ0) is 30.3. The number of benzene rings is 2. The number of aromatic nitrogens is 1. The third kappa shape index (κ3) is 6.61. The maximum Gasteiger partial charge on any atom is 0.208 e. The summed E-state index contributed by atoms with van der Waals surface area (Å²) in [4.78, 5) is 0. The van der Waals surface area contributed by atoms with Gasteiger partial charge in [-0.05, 0) is 50.0 Å². The normalized spacial score (nSPS) is 17.5. The molecule has 11 nitrogen and oxygen atoms in total. The highest BCUT2D eigenvalue weighted by atomic mass is 16.5. The second-order valence-electron chi connectivity index (χ2n) is 10.3. The Labute approximate surface area is 251 Å². The first kappa shape index (κ1) is 30.0. The molecule has 1 aliphatic carbocycles. The van der Waals surface area contributed by atoms with E-state index in [9.17, 15) is 5.21 Å². The van der Waals surface area contributed by atoms with Crippen LogP contribution in [0.25, 0.3) is 0 Å². The van der Waals surface area contributed by atoms with Crippen molar-refractivity contribution in [3.63, 3.8) is 0 Å². The Hall–Kier alpha value is -4.51. The van der Waals surface area contributed by atoms with E-state index in [1.807, 2.05) is 24.4 Å². The molecule has 2 atom stereocenters. The topological polar surface area (TPSA) is 122 Å². The van der Waals surface area contributed by atoms with E-state index >= 15 is 0 Å². The van der Waals surface area contributed by atoms with E-state index in [2.05, 4.69) is 4.57 Å². The molecule has 0 saturated heterocycles. The number of hydrogen-bond acceptors (Lipinski definition) is 9. The molecule has 0 bridgehead atoms. The smallest absolute Gasteiger partial charge is 0.208 e. The Morgan fingerprint density at radius 1 is 0.884 bits per heavy atom. The van der Waals surface area contributed by atoms with Crippen LogP contribution in [0.2, 0.25) is 0 Å². The Morgan fingerprint density at radius 2 is 1.63 bits per heavy atom. The van der Waals surface area contributed by atoms with Crippen molar-refractivity contribution in [3.05, 3.63) is 65.3 Å². The molecule has 2 aliphatic rings. The summed E-state index contributed by atoms with van der Waals surface area (Å²) >= 11 is 0. The number of ether oxygens (including phenoxy) is 7. The molecule has 230 valence electrons. The first-order valence-electron chi connectivity index (χ1n) is 14.3. The number of hydrogen-bond donors (Lipinski definition) is 1. The minimum absolute atomic E-state index is 0.0131. The average molecular weight is 594 g/mol. The van der Waals surface area contributed by atoms with Gasteiger partial charge in [0.1, 0.15) is 22.9 Å². The van der Waals surface area contributed by atoms with Crippen LogP contribution in [0.1, 0.15) is 31.4 Å². The summed E-state index contributed by atoms with van der Waals surface area (Å²) in [5.74, 6) is 3.75. The third-order valence-corrected chi connectivity index (χ3v) is 7.70. The fourth-order valence-electron chi connectivity index (χ4n) is 5.52. The van der Waals surface area contributed by atoms with Gasteiger partial charge in [-0.2, -0.15) is 4.74 Å². The number of allylic oxidation sites excluding steroid dienone is 1. The molecule has 0 amide bonds. The minimum Gasteiger partial charge on any atom is -0.618 e. The van der Waals surface area contributed by atoms with Crippen LogP contribution in [-0.4, -0.2) is 63.3 Å². The lowest BCUT2D eigenvalue weighted by Gasteiger charge is -2.29. The highest BCUT2D eigenvalue weighted by molar-refractivity contribution is 5.78. The molecule has 43 heavy (non-hydrogen) atoms. The van der Waals surface area contributed by atoms with Crippen LogP contribution in [0.15, 0.2) is 54.4 Å². The molecule has 1 unspecified atom stereocenters. The first-order valence-corrected chi connectivity index (χ1v) is 14.3. The molecule has 2 aromatic carbocycles. The fraction of sp³-hybridized carbons (Fsp3) is 0.406. The highest BCUT2D eigenvalue weighted by Crippen LogP contribution is 2.43. The molecule has 1 aromatic heterocycles. The van der Waals surface area contributed by atoms with Gasteiger partial charge in [0.15, 0.2) is 22.9 Å². The van der Waals surface area contributed by atoms with Crippen molar-refractivity contribution in [1.82, 2.24) is 4.57 Å². The van der Waals surface area contributed by atoms with Gasteiger partial charge in [-0.25, -0.2) is 0 Å². The van der Waals surface area contributed by atoms with Crippen LogP contribution in [0, 0.1) is 11.1 Å². The van der Waals surface area contributed by atoms with Crippen molar-refractivity contribution in [2.45, 2.75) is 38.3 Å². The predicted octanol–water partition coefficient (Wildman–Crippen LogP) is 5.38. The Balaban J connectivity index is 1.10. The SMILES string of the molecule is COc1cc(Oc2ccc(OCCCCOC3CCC=C4[C@@H]3Cn3ccc(OC)c3C=[N+]4[O-])cc2N)cc(OC)c1OC. The van der Waals surface area contributed by atoms with E-state index in [-0.39, 0.29) is 12.0 Å². The summed E-state index contributed by atoms with van der Waals surface area (Å²) < 4.78 is 42.9. The van der Waals surface area contributed by atoms with E-state index in [1.165, 1.54) is 0 Å². The van der Waals surface area contributed by atoms with E-state index in [0.717, 1.165) is 41.8 Å². The van der Waals surface area contributed by atoms with Gasteiger partial charge < -0.3 is 48.7 Å². The van der Waals surface area contributed by atoms with Gasteiger partial charge in [0, 0.05) is 37.5 Å².